The van der Waals surface area contributed by atoms with Gasteiger partial charge in [0.2, 0.25) is 11.6 Å². The summed E-state index contributed by atoms with van der Waals surface area (Å²) in [5, 5.41) is 13.2. The quantitative estimate of drug-likeness (QED) is 0.447. The van der Waals surface area contributed by atoms with Gasteiger partial charge < -0.3 is 13.9 Å². The zero-order valence-corrected chi connectivity index (χ0v) is 16.2. The summed E-state index contributed by atoms with van der Waals surface area (Å²) in [6, 6.07) is 17.3. The third-order valence-corrected chi connectivity index (χ3v) is 3.90. The lowest BCUT2D eigenvalue weighted by atomic mass is 10.2. The molecule has 2 aromatic carbocycles. The van der Waals surface area contributed by atoms with E-state index in [1.165, 1.54) is 0 Å². The number of hydrazone groups is 1. The Bertz CT molecular complexity index is 1070. The van der Waals surface area contributed by atoms with Crippen LogP contribution in [0.15, 0.2) is 64.6 Å². The van der Waals surface area contributed by atoms with E-state index in [-0.39, 0.29) is 11.6 Å². The van der Waals surface area contributed by atoms with Crippen LogP contribution in [0.5, 0.6) is 11.5 Å². The van der Waals surface area contributed by atoms with Crippen molar-refractivity contribution in [3.8, 4) is 17.6 Å². The summed E-state index contributed by atoms with van der Waals surface area (Å²) in [5.74, 6) is 1.68. The Hall–Kier alpha value is -4.05. The number of rotatable bonds is 8. The van der Waals surface area contributed by atoms with Crippen LogP contribution in [0.2, 0.25) is 0 Å². The number of methoxy groups -OCH3 is 1. The van der Waals surface area contributed by atoms with Gasteiger partial charge in [-0.1, -0.05) is 36.9 Å². The van der Waals surface area contributed by atoms with Crippen molar-refractivity contribution in [2.24, 2.45) is 5.10 Å². The van der Waals surface area contributed by atoms with E-state index in [1.807, 2.05) is 48.5 Å². The molecule has 1 N–H and O–H groups in total. The fraction of sp³-hybridized carbons (Fsp3) is 0.136. The van der Waals surface area contributed by atoms with Gasteiger partial charge >= 0.3 is 0 Å². The monoisotopic (exact) mass is 388 g/mol. The molecule has 0 radical (unpaired) electrons. The first-order valence-electron chi connectivity index (χ1n) is 8.81. The van der Waals surface area contributed by atoms with Gasteiger partial charge in [-0.15, -0.1) is 0 Å². The molecule has 3 aromatic rings. The van der Waals surface area contributed by atoms with Crippen LogP contribution in [0.1, 0.15) is 29.6 Å². The van der Waals surface area contributed by atoms with Gasteiger partial charge in [-0.2, -0.15) is 15.3 Å². The first kappa shape index (κ1) is 19.7. The van der Waals surface area contributed by atoms with Crippen LogP contribution in [0, 0.1) is 11.3 Å². The molecule has 0 aliphatic rings. The molecule has 29 heavy (non-hydrogen) atoms. The van der Waals surface area contributed by atoms with Crippen molar-refractivity contribution >= 4 is 17.7 Å². The van der Waals surface area contributed by atoms with Crippen molar-refractivity contribution in [2.45, 2.75) is 13.5 Å². The summed E-state index contributed by atoms with van der Waals surface area (Å²) in [6.45, 7) is 5.93. The molecule has 0 unspecified atom stereocenters. The molecule has 7 heteroatoms. The number of nitrogens with zero attached hydrogens (tertiary/aromatic N) is 3. The Morgan fingerprint density at radius 3 is 2.76 bits per heavy atom. The first-order valence-corrected chi connectivity index (χ1v) is 8.81. The number of hydrogen-bond acceptors (Lipinski definition) is 7. The number of aromatic nitrogens is 1. The molecule has 146 valence electrons. The average Bonchev–Trinajstić information content (AvgIpc) is 3.17. The number of allylic oxidation sites excluding steroid dienone is 1. The third-order valence-electron chi connectivity index (χ3n) is 3.90. The van der Waals surface area contributed by atoms with E-state index < -0.39 is 0 Å². The number of anilines is 1. The second-order valence-electron chi connectivity index (χ2n) is 6.14. The molecule has 0 spiro atoms. The maximum atomic E-state index is 9.14. The van der Waals surface area contributed by atoms with Gasteiger partial charge in [0.15, 0.2) is 11.5 Å². The summed E-state index contributed by atoms with van der Waals surface area (Å²) in [4.78, 5) is 4.04. The molecule has 0 bridgehead atoms. The maximum absolute atomic E-state index is 9.14. The van der Waals surface area contributed by atoms with Gasteiger partial charge in [0.25, 0.3) is 5.88 Å². The van der Waals surface area contributed by atoms with Crippen molar-refractivity contribution in [2.75, 3.05) is 12.5 Å². The Labute approximate surface area is 168 Å². The Balaban J connectivity index is 1.68. The van der Waals surface area contributed by atoms with Gasteiger partial charge in [-0.25, -0.2) is 5.43 Å². The third kappa shape index (κ3) is 5.02. The minimum absolute atomic E-state index is 0.113. The second-order valence-corrected chi connectivity index (χ2v) is 6.14. The van der Waals surface area contributed by atoms with Gasteiger partial charge in [-0.3, -0.25) is 0 Å². The van der Waals surface area contributed by atoms with E-state index in [0.717, 1.165) is 11.1 Å². The van der Waals surface area contributed by atoms with Crippen LogP contribution in [-0.4, -0.2) is 18.3 Å². The minimum Gasteiger partial charge on any atom is -0.493 e. The molecule has 0 atom stereocenters. The van der Waals surface area contributed by atoms with Gasteiger partial charge in [-0.05, 0) is 36.2 Å². The Morgan fingerprint density at radius 2 is 2.07 bits per heavy atom. The SMILES string of the molecule is C=C(C)c1nc(C#N)c(NN=Cc2ccc(OCc3ccccc3)c(OC)c2)o1. The lowest BCUT2D eigenvalue weighted by Gasteiger charge is -2.11. The first-order chi connectivity index (χ1) is 14.1. The van der Waals surface area contributed by atoms with Crippen molar-refractivity contribution in [1.29, 1.82) is 5.26 Å². The van der Waals surface area contributed by atoms with E-state index in [1.54, 1.807) is 26.3 Å². The molecule has 0 aliphatic carbocycles. The van der Waals surface area contributed by atoms with E-state index in [9.17, 15) is 0 Å². The van der Waals surface area contributed by atoms with Crippen LogP contribution >= 0.6 is 0 Å². The van der Waals surface area contributed by atoms with Crippen molar-refractivity contribution in [3.63, 3.8) is 0 Å². The highest BCUT2D eigenvalue weighted by Crippen LogP contribution is 2.28. The van der Waals surface area contributed by atoms with Gasteiger partial charge in [0.05, 0.1) is 13.3 Å². The van der Waals surface area contributed by atoms with Crippen LogP contribution in [0.25, 0.3) is 5.57 Å². The number of oxazole rings is 1. The summed E-state index contributed by atoms with van der Waals surface area (Å²) in [6.07, 6.45) is 1.58. The summed E-state index contributed by atoms with van der Waals surface area (Å²) >= 11 is 0. The molecular weight excluding hydrogens is 368 g/mol. The number of ether oxygens (including phenoxy) is 2. The molecular formula is C22H20N4O3. The van der Waals surface area contributed by atoms with Crippen LogP contribution < -0.4 is 14.9 Å². The van der Waals surface area contributed by atoms with Gasteiger partial charge in [0, 0.05) is 5.57 Å². The van der Waals surface area contributed by atoms with Crippen LogP contribution in [-0.2, 0) is 6.61 Å². The van der Waals surface area contributed by atoms with E-state index in [0.29, 0.717) is 29.6 Å². The average molecular weight is 388 g/mol. The maximum Gasteiger partial charge on any atom is 0.252 e. The largest absolute Gasteiger partial charge is 0.493 e. The normalized spacial score (nSPS) is 10.5. The van der Waals surface area contributed by atoms with Crippen molar-refractivity contribution in [1.82, 2.24) is 4.98 Å². The minimum atomic E-state index is 0.113. The zero-order valence-electron chi connectivity index (χ0n) is 16.2. The highest BCUT2D eigenvalue weighted by molar-refractivity contribution is 5.81. The molecule has 7 nitrogen and oxygen atoms in total. The summed E-state index contributed by atoms with van der Waals surface area (Å²) < 4.78 is 16.7. The Morgan fingerprint density at radius 1 is 1.28 bits per heavy atom. The molecule has 3 rings (SSSR count). The van der Waals surface area contributed by atoms with Gasteiger partial charge in [0.1, 0.15) is 12.7 Å². The summed E-state index contributed by atoms with van der Waals surface area (Å²) in [7, 11) is 1.58. The molecule has 0 amide bonds. The van der Waals surface area contributed by atoms with Crippen LogP contribution in [0.3, 0.4) is 0 Å². The van der Waals surface area contributed by atoms with Crippen LogP contribution in [0.4, 0.5) is 5.88 Å². The number of nitriles is 1. The fourth-order valence-electron chi connectivity index (χ4n) is 2.44. The lowest BCUT2D eigenvalue weighted by molar-refractivity contribution is 0.284. The predicted octanol–water partition coefficient (Wildman–Crippen LogP) is 4.61. The van der Waals surface area contributed by atoms with E-state index in [2.05, 4.69) is 22.1 Å². The van der Waals surface area contributed by atoms with E-state index >= 15 is 0 Å². The molecule has 0 saturated heterocycles. The topological polar surface area (TPSA) is 92.7 Å². The predicted molar refractivity (Wildman–Crippen MR) is 111 cm³/mol. The zero-order chi connectivity index (χ0) is 20.6. The highest BCUT2D eigenvalue weighted by Gasteiger charge is 2.12. The second kappa shape index (κ2) is 9.24. The fourth-order valence-corrected chi connectivity index (χ4v) is 2.44. The number of hydrogen-bond donors (Lipinski definition) is 1. The number of nitrogens with one attached hydrogen (secondary N) is 1. The van der Waals surface area contributed by atoms with Crippen molar-refractivity contribution in [3.05, 3.63) is 77.8 Å². The molecule has 0 saturated carbocycles. The summed E-state index contributed by atoms with van der Waals surface area (Å²) in [5.41, 5.74) is 5.27. The standard InChI is InChI=1S/C22H20N4O3/c1-15(2)21-25-18(12-23)22(29-21)26-24-13-17-9-10-19(20(11-17)27-3)28-14-16-7-5-4-6-8-16/h4-11,13,26H,1,14H2,2-3H3. The lowest BCUT2D eigenvalue weighted by Crippen LogP contribution is -1.98. The smallest absolute Gasteiger partial charge is 0.252 e. The molecule has 0 aliphatic heterocycles. The molecule has 0 fully saturated rings. The van der Waals surface area contributed by atoms with Crippen molar-refractivity contribution < 1.29 is 13.9 Å². The number of benzene rings is 2. The highest BCUT2D eigenvalue weighted by atomic mass is 16.5. The Kier molecular flexibility index (Phi) is 6.28. The molecule has 1 heterocycles. The molecule has 1 aromatic heterocycles. The van der Waals surface area contributed by atoms with E-state index in [4.69, 9.17) is 19.2 Å².